The van der Waals surface area contributed by atoms with Gasteiger partial charge in [-0.05, 0) is 19.1 Å². The lowest BCUT2D eigenvalue weighted by Crippen LogP contribution is -2.42. The monoisotopic (exact) mass is 240 g/mol. The van der Waals surface area contributed by atoms with Gasteiger partial charge in [-0.3, -0.25) is 4.79 Å². The highest BCUT2D eigenvalue weighted by molar-refractivity contribution is 5.75. The number of carboxylic acids is 1. The van der Waals surface area contributed by atoms with Crippen LogP contribution in [0.2, 0.25) is 0 Å². The molecule has 0 spiro atoms. The normalized spacial score (nSPS) is 11.8. The average Bonchev–Trinajstić information content (AvgIpc) is 2.68. The minimum atomic E-state index is -0.937. The first-order valence-electron chi connectivity index (χ1n) is 5.36. The number of carbonyl (C=O) groups excluding carboxylic acids is 1. The number of nitrogens with one attached hydrogen (secondary N) is 2. The molecule has 6 nitrogen and oxygen atoms in total. The summed E-state index contributed by atoms with van der Waals surface area (Å²) in [5.41, 5.74) is 0. The molecule has 1 aromatic heterocycles. The highest BCUT2D eigenvalue weighted by atomic mass is 16.4. The van der Waals surface area contributed by atoms with Crippen molar-refractivity contribution in [2.75, 3.05) is 6.54 Å². The van der Waals surface area contributed by atoms with Crippen molar-refractivity contribution < 1.29 is 19.1 Å². The number of furan rings is 1. The Hall–Kier alpha value is -1.98. The van der Waals surface area contributed by atoms with Crippen LogP contribution >= 0.6 is 0 Å². The second-order valence-electron chi connectivity index (χ2n) is 3.73. The smallest absolute Gasteiger partial charge is 0.315 e. The number of rotatable bonds is 6. The molecule has 3 N–H and O–H groups in total. The number of amides is 2. The first-order valence-corrected chi connectivity index (χ1v) is 5.36. The van der Waals surface area contributed by atoms with Crippen LogP contribution in [0.3, 0.4) is 0 Å². The third-order valence-corrected chi connectivity index (χ3v) is 2.10. The second-order valence-corrected chi connectivity index (χ2v) is 3.73. The van der Waals surface area contributed by atoms with Crippen LogP contribution in [0.5, 0.6) is 0 Å². The van der Waals surface area contributed by atoms with E-state index in [9.17, 15) is 9.59 Å². The summed E-state index contributed by atoms with van der Waals surface area (Å²) >= 11 is 0. The summed E-state index contributed by atoms with van der Waals surface area (Å²) in [5.74, 6) is -0.141. The standard InChI is InChI=1S/C11H16N2O4/c1-8(7-10(14)15)13-11(16)12-5-4-9-3-2-6-17-9/h2-3,6,8H,4-5,7H2,1H3,(H,14,15)(H2,12,13,16). The van der Waals surface area contributed by atoms with Crippen LogP contribution in [-0.2, 0) is 11.2 Å². The molecule has 0 aliphatic carbocycles. The Morgan fingerprint density at radius 2 is 2.29 bits per heavy atom. The molecule has 6 heteroatoms. The molecule has 0 aromatic carbocycles. The van der Waals surface area contributed by atoms with Gasteiger partial charge in [0.25, 0.3) is 0 Å². The van der Waals surface area contributed by atoms with Crippen molar-refractivity contribution in [2.24, 2.45) is 0 Å². The van der Waals surface area contributed by atoms with Crippen LogP contribution in [-0.4, -0.2) is 29.7 Å². The number of aliphatic carboxylic acids is 1. The molecule has 17 heavy (non-hydrogen) atoms. The maximum Gasteiger partial charge on any atom is 0.315 e. The molecule has 0 fully saturated rings. The molecule has 2 amide bonds. The number of carboxylic acid groups (broad SMARTS) is 1. The van der Waals surface area contributed by atoms with Crippen molar-refractivity contribution in [1.82, 2.24) is 10.6 Å². The lowest BCUT2D eigenvalue weighted by molar-refractivity contribution is -0.137. The summed E-state index contributed by atoms with van der Waals surface area (Å²) in [5, 5.41) is 13.7. The second kappa shape index (κ2) is 6.57. The maximum atomic E-state index is 11.3. The zero-order valence-corrected chi connectivity index (χ0v) is 9.60. The van der Waals surface area contributed by atoms with Gasteiger partial charge in [-0.25, -0.2) is 4.79 Å². The summed E-state index contributed by atoms with van der Waals surface area (Å²) < 4.78 is 5.10. The molecule has 1 unspecified atom stereocenters. The quantitative estimate of drug-likeness (QED) is 0.691. The molecule has 0 saturated carbocycles. The number of hydrogen-bond acceptors (Lipinski definition) is 3. The van der Waals surface area contributed by atoms with Gasteiger partial charge >= 0.3 is 12.0 Å². The summed E-state index contributed by atoms with van der Waals surface area (Å²) in [4.78, 5) is 21.7. The molecule has 1 heterocycles. The van der Waals surface area contributed by atoms with Gasteiger partial charge in [-0.2, -0.15) is 0 Å². The van der Waals surface area contributed by atoms with E-state index in [4.69, 9.17) is 9.52 Å². The number of hydrogen-bond donors (Lipinski definition) is 3. The molecule has 1 rings (SSSR count). The van der Waals surface area contributed by atoms with E-state index in [1.807, 2.05) is 6.07 Å². The summed E-state index contributed by atoms with van der Waals surface area (Å²) in [6, 6.07) is 2.85. The van der Waals surface area contributed by atoms with Crippen molar-refractivity contribution in [3.63, 3.8) is 0 Å². The molecule has 0 radical (unpaired) electrons. The van der Waals surface area contributed by atoms with E-state index in [2.05, 4.69) is 10.6 Å². The van der Waals surface area contributed by atoms with Crippen molar-refractivity contribution in [1.29, 1.82) is 0 Å². The van der Waals surface area contributed by atoms with E-state index in [-0.39, 0.29) is 12.5 Å². The molecular formula is C11H16N2O4. The van der Waals surface area contributed by atoms with Gasteiger partial charge in [0, 0.05) is 19.0 Å². The van der Waals surface area contributed by atoms with Gasteiger partial charge in [-0.1, -0.05) is 0 Å². The predicted molar refractivity (Wildman–Crippen MR) is 60.7 cm³/mol. The first kappa shape index (κ1) is 13.1. The van der Waals surface area contributed by atoms with Crippen LogP contribution in [0, 0.1) is 0 Å². The Morgan fingerprint density at radius 1 is 1.53 bits per heavy atom. The first-order chi connectivity index (χ1) is 8.08. The third kappa shape index (κ3) is 5.60. The Labute approximate surface area is 99.0 Å². The van der Waals surface area contributed by atoms with Gasteiger partial charge in [0.05, 0.1) is 12.7 Å². The molecule has 0 aliphatic rings. The van der Waals surface area contributed by atoms with E-state index in [0.717, 1.165) is 5.76 Å². The SMILES string of the molecule is CC(CC(=O)O)NC(=O)NCCc1ccco1. The van der Waals surface area contributed by atoms with E-state index in [1.54, 1.807) is 19.3 Å². The Balaban J connectivity index is 2.14. The Kier molecular flexibility index (Phi) is 5.06. The van der Waals surface area contributed by atoms with Crippen LogP contribution < -0.4 is 10.6 Å². The van der Waals surface area contributed by atoms with Crippen molar-refractivity contribution in [3.05, 3.63) is 24.2 Å². The fourth-order valence-corrected chi connectivity index (χ4v) is 1.34. The maximum absolute atomic E-state index is 11.3. The van der Waals surface area contributed by atoms with Crippen LogP contribution in [0.15, 0.2) is 22.8 Å². The summed E-state index contributed by atoms with van der Waals surface area (Å²) in [6.07, 6.45) is 2.09. The van der Waals surface area contributed by atoms with E-state index >= 15 is 0 Å². The van der Waals surface area contributed by atoms with Gasteiger partial charge in [0.15, 0.2) is 0 Å². The Morgan fingerprint density at radius 3 is 2.88 bits per heavy atom. The molecule has 1 atom stereocenters. The summed E-state index contributed by atoms with van der Waals surface area (Å²) in [6.45, 7) is 2.08. The molecular weight excluding hydrogens is 224 g/mol. The van der Waals surface area contributed by atoms with Crippen LogP contribution in [0.1, 0.15) is 19.1 Å². The third-order valence-electron chi connectivity index (χ3n) is 2.10. The lowest BCUT2D eigenvalue weighted by atomic mass is 10.2. The topological polar surface area (TPSA) is 91.6 Å². The van der Waals surface area contributed by atoms with Crippen LogP contribution in [0.4, 0.5) is 4.79 Å². The molecule has 0 saturated heterocycles. The zero-order chi connectivity index (χ0) is 12.7. The fourth-order valence-electron chi connectivity index (χ4n) is 1.34. The molecule has 0 bridgehead atoms. The molecule has 94 valence electrons. The van der Waals surface area contributed by atoms with Crippen molar-refractivity contribution in [3.8, 4) is 0 Å². The molecule has 1 aromatic rings. The van der Waals surface area contributed by atoms with Gasteiger partial charge in [0.1, 0.15) is 5.76 Å². The largest absolute Gasteiger partial charge is 0.481 e. The van der Waals surface area contributed by atoms with Crippen molar-refractivity contribution in [2.45, 2.75) is 25.8 Å². The summed E-state index contributed by atoms with van der Waals surface area (Å²) in [7, 11) is 0. The zero-order valence-electron chi connectivity index (χ0n) is 9.60. The van der Waals surface area contributed by atoms with E-state index in [0.29, 0.717) is 13.0 Å². The lowest BCUT2D eigenvalue weighted by Gasteiger charge is -2.12. The number of urea groups is 1. The van der Waals surface area contributed by atoms with E-state index < -0.39 is 12.0 Å². The van der Waals surface area contributed by atoms with Gasteiger partial charge in [0.2, 0.25) is 0 Å². The predicted octanol–water partition coefficient (Wildman–Crippen LogP) is 0.984. The highest BCUT2D eigenvalue weighted by Gasteiger charge is 2.10. The minimum absolute atomic E-state index is 0.0917. The van der Waals surface area contributed by atoms with Crippen LogP contribution in [0.25, 0.3) is 0 Å². The van der Waals surface area contributed by atoms with Gasteiger partial charge in [-0.15, -0.1) is 0 Å². The van der Waals surface area contributed by atoms with Crippen molar-refractivity contribution >= 4 is 12.0 Å². The minimum Gasteiger partial charge on any atom is -0.481 e. The van der Waals surface area contributed by atoms with E-state index in [1.165, 1.54) is 0 Å². The fraction of sp³-hybridized carbons (Fsp3) is 0.455. The highest BCUT2D eigenvalue weighted by Crippen LogP contribution is 1.99. The molecule has 0 aliphatic heterocycles. The Bertz CT molecular complexity index is 362. The van der Waals surface area contributed by atoms with Gasteiger partial charge < -0.3 is 20.2 Å². The average molecular weight is 240 g/mol. The number of carbonyl (C=O) groups is 2.